The van der Waals surface area contributed by atoms with Crippen molar-refractivity contribution >= 4 is 11.6 Å². The van der Waals surface area contributed by atoms with E-state index in [9.17, 15) is 13.2 Å². The minimum absolute atomic E-state index is 0.259. The van der Waals surface area contributed by atoms with Crippen LogP contribution in [0.25, 0.3) is 0 Å². The van der Waals surface area contributed by atoms with E-state index in [0.29, 0.717) is 30.7 Å². The number of anilines is 2. The van der Waals surface area contributed by atoms with Gasteiger partial charge < -0.3 is 10.6 Å². The third-order valence-corrected chi connectivity index (χ3v) is 3.89. The average molecular weight is 301 g/mol. The maximum absolute atomic E-state index is 12.9. The van der Waals surface area contributed by atoms with Crippen molar-refractivity contribution in [3.63, 3.8) is 0 Å². The molecule has 2 N–H and O–H groups in total. The highest BCUT2D eigenvalue weighted by atomic mass is 19.4. The van der Waals surface area contributed by atoms with Crippen LogP contribution < -0.4 is 10.6 Å². The van der Waals surface area contributed by atoms with Crippen LogP contribution in [0.5, 0.6) is 0 Å². The lowest BCUT2D eigenvalue weighted by atomic mass is 10.1. The fourth-order valence-electron chi connectivity index (χ4n) is 2.82. The third kappa shape index (κ3) is 4.51. The summed E-state index contributed by atoms with van der Waals surface area (Å²) in [5.41, 5.74) is -0.671. The first kappa shape index (κ1) is 15.9. The van der Waals surface area contributed by atoms with Gasteiger partial charge in [-0.05, 0) is 43.7 Å². The Hall–Kier alpha value is -1.46. The van der Waals surface area contributed by atoms with E-state index in [4.69, 9.17) is 0 Å². The fraction of sp³-hybridized carbons (Fsp3) is 0.667. The summed E-state index contributed by atoms with van der Waals surface area (Å²) in [6, 6.07) is 2.13. The quantitative estimate of drug-likeness (QED) is 0.847. The molecule has 21 heavy (non-hydrogen) atoms. The SMILES string of the molecule is CCNc1cc(C(F)(F)F)cc(NCC2CCC(C)C2)n1. The molecule has 1 saturated carbocycles. The van der Waals surface area contributed by atoms with Gasteiger partial charge in [-0.1, -0.05) is 13.3 Å². The summed E-state index contributed by atoms with van der Waals surface area (Å²) in [5, 5.41) is 5.91. The number of rotatable bonds is 5. The van der Waals surface area contributed by atoms with E-state index in [2.05, 4.69) is 22.5 Å². The number of aromatic nitrogens is 1. The Morgan fingerprint density at radius 3 is 2.38 bits per heavy atom. The molecule has 1 aromatic heterocycles. The lowest BCUT2D eigenvalue weighted by Gasteiger charge is -2.15. The highest BCUT2D eigenvalue weighted by Gasteiger charge is 2.31. The molecule has 0 saturated heterocycles. The summed E-state index contributed by atoms with van der Waals surface area (Å²) < 4.78 is 38.7. The van der Waals surface area contributed by atoms with Gasteiger partial charge in [0.05, 0.1) is 5.56 Å². The van der Waals surface area contributed by atoms with Crippen LogP contribution in [-0.4, -0.2) is 18.1 Å². The molecular weight excluding hydrogens is 279 g/mol. The molecule has 0 aliphatic heterocycles. The van der Waals surface area contributed by atoms with Crippen molar-refractivity contribution in [2.75, 3.05) is 23.7 Å². The van der Waals surface area contributed by atoms with Gasteiger partial charge >= 0.3 is 6.18 Å². The van der Waals surface area contributed by atoms with Crippen LogP contribution in [-0.2, 0) is 6.18 Å². The highest BCUT2D eigenvalue weighted by molar-refractivity contribution is 5.49. The number of pyridine rings is 1. The van der Waals surface area contributed by atoms with Crippen LogP contribution >= 0.6 is 0 Å². The van der Waals surface area contributed by atoms with Crippen LogP contribution in [0.3, 0.4) is 0 Å². The van der Waals surface area contributed by atoms with Crippen molar-refractivity contribution < 1.29 is 13.2 Å². The molecule has 2 atom stereocenters. The molecule has 0 bridgehead atoms. The number of hydrogen-bond donors (Lipinski definition) is 2. The van der Waals surface area contributed by atoms with E-state index >= 15 is 0 Å². The Kier molecular flexibility index (Phi) is 4.96. The van der Waals surface area contributed by atoms with Gasteiger partial charge in [-0.25, -0.2) is 4.98 Å². The van der Waals surface area contributed by atoms with Crippen molar-refractivity contribution in [1.29, 1.82) is 0 Å². The molecule has 118 valence electrons. The number of hydrogen-bond acceptors (Lipinski definition) is 3. The Balaban J connectivity index is 2.08. The van der Waals surface area contributed by atoms with E-state index in [-0.39, 0.29) is 5.82 Å². The Morgan fingerprint density at radius 1 is 1.19 bits per heavy atom. The number of halogens is 3. The number of nitrogens with one attached hydrogen (secondary N) is 2. The smallest absolute Gasteiger partial charge is 0.370 e. The maximum Gasteiger partial charge on any atom is 0.416 e. The van der Waals surface area contributed by atoms with Crippen LogP contribution in [0, 0.1) is 11.8 Å². The number of nitrogens with zero attached hydrogens (tertiary/aromatic N) is 1. The van der Waals surface area contributed by atoms with Crippen molar-refractivity contribution in [3.8, 4) is 0 Å². The molecule has 0 amide bonds. The van der Waals surface area contributed by atoms with Gasteiger partial charge in [0.15, 0.2) is 0 Å². The van der Waals surface area contributed by atoms with Crippen LogP contribution in [0.1, 0.15) is 38.7 Å². The molecule has 3 nitrogen and oxygen atoms in total. The van der Waals surface area contributed by atoms with Gasteiger partial charge in [0, 0.05) is 13.1 Å². The van der Waals surface area contributed by atoms with Crippen LogP contribution in [0.4, 0.5) is 24.8 Å². The number of alkyl halides is 3. The second-order valence-electron chi connectivity index (χ2n) is 5.82. The summed E-state index contributed by atoms with van der Waals surface area (Å²) >= 11 is 0. The van der Waals surface area contributed by atoms with Gasteiger partial charge in [-0.15, -0.1) is 0 Å². The van der Waals surface area contributed by atoms with Gasteiger partial charge in [0.25, 0.3) is 0 Å². The van der Waals surface area contributed by atoms with Crippen molar-refractivity contribution in [3.05, 3.63) is 17.7 Å². The minimum Gasteiger partial charge on any atom is -0.370 e. The molecule has 1 fully saturated rings. The van der Waals surface area contributed by atoms with Crippen molar-refractivity contribution in [2.24, 2.45) is 11.8 Å². The topological polar surface area (TPSA) is 37.0 Å². The standard InChI is InChI=1S/C15H22F3N3/c1-3-19-13-7-12(15(16,17)18)8-14(21-13)20-9-11-5-4-10(2)6-11/h7-8,10-11H,3-6,9H2,1-2H3,(H2,19,20,21). The van der Waals surface area contributed by atoms with Crippen LogP contribution in [0.2, 0.25) is 0 Å². The second-order valence-corrected chi connectivity index (χ2v) is 5.82. The van der Waals surface area contributed by atoms with E-state index < -0.39 is 11.7 Å². The predicted molar refractivity (Wildman–Crippen MR) is 78.4 cm³/mol. The summed E-state index contributed by atoms with van der Waals surface area (Å²) in [7, 11) is 0. The van der Waals surface area contributed by atoms with Crippen molar-refractivity contribution in [1.82, 2.24) is 4.98 Å². The van der Waals surface area contributed by atoms with E-state index in [1.807, 2.05) is 6.92 Å². The molecule has 0 aromatic carbocycles. The molecule has 1 heterocycles. The maximum atomic E-state index is 12.9. The molecule has 0 radical (unpaired) electrons. The summed E-state index contributed by atoms with van der Waals surface area (Å²) in [5.74, 6) is 1.79. The lowest BCUT2D eigenvalue weighted by Crippen LogP contribution is -2.15. The minimum atomic E-state index is -4.36. The average Bonchev–Trinajstić information content (AvgIpc) is 2.81. The largest absolute Gasteiger partial charge is 0.416 e. The monoisotopic (exact) mass is 301 g/mol. The first-order valence-electron chi connectivity index (χ1n) is 7.45. The second kappa shape index (κ2) is 6.54. The Morgan fingerprint density at radius 2 is 1.86 bits per heavy atom. The summed E-state index contributed by atoms with van der Waals surface area (Å²) in [6.45, 7) is 5.26. The fourth-order valence-corrected chi connectivity index (χ4v) is 2.82. The lowest BCUT2D eigenvalue weighted by molar-refractivity contribution is -0.137. The first-order chi connectivity index (χ1) is 9.88. The Bertz CT molecular complexity index is 474. The molecule has 1 aromatic rings. The predicted octanol–water partition coefficient (Wildman–Crippen LogP) is 4.38. The summed E-state index contributed by atoms with van der Waals surface area (Å²) in [4.78, 5) is 4.19. The van der Waals surface area contributed by atoms with E-state index in [0.717, 1.165) is 25.0 Å². The summed E-state index contributed by atoms with van der Waals surface area (Å²) in [6.07, 6.45) is -0.893. The van der Waals surface area contributed by atoms with Crippen LogP contribution in [0.15, 0.2) is 12.1 Å². The van der Waals surface area contributed by atoms with E-state index in [1.165, 1.54) is 6.42 Å². The van der Waals surface area contributed by atoms with Gasteiger partial charge in [0.2, 0.25) is 0 Å². The molecule has 1 aliphatic rings. The molecular formula is C15H22F3N3. The van der Waals surface area contributed by atoms with E-state index in [1.54, 1.807) is 0 Å². The zero-order chi connectivity index (χ0) is 15.5. The normalized spacial score (nSPS) is 22.3. The van der Waals surface area contributed by atoms with Gasteiger partial charge in [-0.3, -0.25) is 0 Å². The van der Waals surface area contributed by atoms with Crippen molar-refractivity contribution in [2.45, 2.75) is 39.3 Å². The van der Waals surface area contributed by atoms with Gasteiger partial charge in [0.1, 0.15) is 11.6 Å². The molecule has 2 rings (SSSR count). The highest BCUT2D eigenvalue weighted by Crippen LogP contribution is 2.33. The first-order valence-corrected chi connectivity index (χ1v) is 7.45. The zero-order valence-corrected chi connectivity index (χ0v) is 12.4. The Labute approximate surface area is 123 Å². The molecule has 2 unspecified atom stereocenters. The van der Waals surface area contributed by atoms with Gasteiger partial charge in [-0.2, -0.15) is 13.2 Å². The zero-order valence-electron chi connectivity index (χ0n) is 12.4. The molecule has 0 spiro atoms. The molecule has 1 aliphatic carbocycles. The third-order valence-electron chi connectivity index (χ3n) is 3.89. The molecule has 6 heteroatoms.